The first-order valence-electron chi connectivity index (χ1n) is 7.89. The minimum Gasteiger partial charge on any atom is -0.353 e. The van der Waals surface area contributed by atoms with Crippen LogP contribution in [0.2, 0.25) is 0 Å². The van der Waals surface area contributed by atoms with Crippen LogP contribution in [0.25, 0.3) is 0 Å². The Morgan fingerprint density at radius 1 is 0.760 bits per heavy atom. The fourth-order valence-corrected chi connectivity index (χ4v) is 2.45. The Hall–Kier alpha value is -3.16. The minimum atomic E-state index is 0.588. The van der Waals surface area contributed by atoms with E-state index < -0.39 is 0 Å². The number of rotatable bonds is 6. The molecule has 0 aliphatic heterocycles. The molecule has 128 valence electrons. The van der Waals surface area contributed by atoms with Gasteiger partial charge in [0.25, 0.3) is 0 Å². The van der Waals surface area contributed by atoms with Gasteiger partial charge in [-0.2, -0.15) is 4.98 Å². The summed E-state index contributed by atoms with van der Waals surface area (Å²) < 4.78 is 0. The number of hydrogen-bond acceptors (Lipinski definition) is 8. The zero-order chi connectivity index (χ0) is 17.6. The van der Waals surface area contributed by atoms with Crippen LogP contribution >= 0.6 is 0 Å². The highest BCUT2D eigenvalue weighted by molar-refractivity contribution is 5.49. The molecule has 0 bridgehead atoms. The first-order chi connectivity index (χ1) is 12.1. The summed E-state index contributed by atoms with van der Waals surface area (Å²) >= 11 is 0. The van der Waals surface area contributed by atoms with Gasteiger partial charge in [0, 0.05) is 50.6 Å². The van der Waals surface area contributed by atoms with Gasteiger partial charge in [-0.05, 0) is 6.92 Å². The van der Waals surface area contributed by atoms with Crippen LogP contribution in [-0.2, 0) is 13.1 Å². The van der Waals surface area contributed by atoms with E-state index in [4.69, 9.17) is 4.98 Å². The lowest BCUT2D eigenvalue weighted by atomic mass is 10.3. The van der Waals surface area contributed by atoms with Crippen LogP contribution in [0.5, 0.6) is 0 Å². The van der Waals surface area contributed by atoms with Crippen LogP contribution in [0.15, 0.2) is 43.4 Å². The van der Waals surface area contributed by atoms with Crippen molar-refractivity contribution in [2.75, 3.05) is 23.9 Å². The quantitative estimate of drug-likeness (QED) is 0.672. The van der Waals surface area contributed by atoms with Crippen LogP contribution in [0, 0.1) is 6.92 Å². The molecule has 0 atom stereocenters. The standard InChI is InChI=1S/C17H20N8/c1-13-8-22-17(25(3)12-15-10-19-5-7-21-15)23-16(13)24(2)11-14-9-18-4-6-20-14/h4-10H,11-12H2,1-3H3. The molecular weight excluding hydrogens is 316 g/mol. The van der Waals surface area contributed by atoms with Crippen molar-refractivity contribution in [1.82, 2.24) is 29.9 Å². The number of hydrogen-bond donors (Lipinski definition) is 0. The molecule has 0 amide bonds. The maximum absolute atomic E-state index is 4.71. The molecule has 0 fully saturated rings. The molecule has 0 radical (unpaired) electrons. The predicted molar refractivity (Wildman–Crippen MR) is 95.0 cm³/mol. The van der Waals surface area contributed by atoms with Crippen molar-refractivity contribution in [2.24, 2.45) is 0 Å². The van der Waals surface area contributed by atoms with E-state index in [1.807, 2.05) is 37.0 Å². The Labute approximate surface area is 146 Å². The Morgan fingerprint density at radius 3 is 1.92 bits per heavy atom. The van der Waals surface area contributed by atoms with Crippen molar-refractivity contribution in [1.29, 1.82) is 0 Å². The molecule has 0 spiro atoms. The molecule has 3 rings (SSSR count). The largest absolute Gasteiger partial charge is 0.353 e. The van der Waals surface area contributed by atoms with Gasteiger partial charge < -0.3 is 9.80 Å². The Kier molecular flexibility index (Phi) is 5.08. The van der Waals surface area contributed by atoms with Crippen LogP contribution in [0.4, 0.5) is 11.8 Å². The molecule has 3 aromatic heterocycles. The van der Waals surface area contributed by atoms with Gasteiger partial charge in [-0.25, -0.2) is 4.98 Å². The number of anilines is 2. The van der Waals surface area contributed by atoms with Gasteiger partial charge in [0.1, 0.15) is 5.82 Å². The fraction of sp³-hybridized carbons (Fsp3) is 0.294. The summed E-state index contributed by atoms with van der Waals surface area (Å²) in [6.07, 6.45) is 12.0. The zero-order valence-electron chi connectivity index (χ0n) is 14.5. The number of nitrogens with zero attached hydrogens (tertiary/aromatic N) is 8. The van der Waals surface area contributed by atoms with E-state index in [9.17, 15) is 0 Å². The molecule has 0 aliphatic carbocycles. The van der Waals surface area contributed by atoms with Gasteiger partial charge in [0.05, 0.1) is 36.9 Å². The Bertz CT molecular complexity index is 809. The van der Waals surface area contributed by atoms with E-state index in [0.29, 0.717) is 19.0 Å². The van der Waals surface area contributed by atoms with E-state index in [0.717, 1.165) is 22.8 Å². The summed E-state index contributed by atoms with van der Waals surface area (Å²) in [6.45, 7) is 3.21. The normalized spacial score (nSPS) is 10.5. The van der Waals surface area contributed by atoms with E-state index >= 15 is 0 Å². The lowest BCUT2D eigenvalue weighted by Gasteiger charge is -2.22. The molecule has 0 saturated heterocycles. The third kappa shape index (κ3) is 4.23. The maximum atomic E-state index is 4.71. The van der Waals surface area contributed by atoms with Gasteiger partial charge in [-0.1, -0.05) is 0 Å². The Balaban J connectivity index is 1.77. The third-order valence-electron chi connectivity index (χ3n) is 3.67. The van der Waals surface area contributed by atoms with Gasteiger partial charge in [0.2, 0.25) is 5.95 Å². The first-order valence-corrected chi connectivity index (χ1v) is 7.89. The molecule has 3 heterocycles. The molecule has 0 unspecified atom stereocenters. The highest BCUT2D eigenvalue weighted by Gasteiger charge is 2.13. The van der Waals surface area contributed by atoms with Crippen LogP contribution in [-0.4, -0.2) is 44.0 Å². The summed E-state index contributed by atoms with van der Waals surface area (Å²) in [4.78, 5) is 29.9. The minimum absolute atomic E-state index is 0.588. The van der Waals surface area contributed by atoms with E-state index in [-0.39, 0.29) is 0 Å². The first kappa shape index (κ1) is 16.7. The second-order valence-electron chi connectivity index (χ2n) is 5.78. The Morgan fingerprint density at radius 2 is 1.36 bits per heavy atom. The predicted octanol–water partition coefficient (Wildman–Crippen LogP) is 1.64. The monoisotopic (exact) mass is 336 g/mol. The van der Waals surface area contributed by atoms with Crippen molar-refractivity contribution >= 4 is 11.8 Å². The molecule has 25 heavy (non-hydrogen) atoms. The third-order valence-corrected chi connectivity index (χ3v) is 3.67. The van der Waals surface area contributed by atoms with Gasteiger partial charge in [-0.3, -0.25) is 19.9 Å². The lowest BCUT2D eigenvalue weighted by molar-refractivity contribution is 0.808. The summed E-state index contributed by atoms with van der Waals surface area (Å²) in [7, 11) is 3.92. The molecule has 8 nitrogen and oxygen atoms in total. The van der Waals surface area contributed by atoms with Crippen LogP contribution in [0.1, 0.15) is 17.0 Å². The van der Waals surface area contributed by atoms with Crippen LogP contribution < -0.4 is 9.80 Å². The van der Waals surface area contributed by atoms with E-state index in [2.05, 4.69) is 24.9 Å². The zero-order valence-corrected chi connectivity index (χ0v) is 14.5. The van der Waals surface area contributed by atoms with Crippen molar-refractivity contribution in [2.45, 2.75) is 20.0 Å². The topological polar surface area (TPSA) is 83.8 Å². The van der Waals surface area contributed by atoms with Crippen molar-refractivity contribution < 1.29 is 0 Å². The van der Waals surface area contributed by atoms with Crippen LogP contribution in [0.3, 0.4) is 0 Å². The SMILES string of the molecule is Cc1cnc(N(C)Cc2cnccn2)nc1N(C)Cc1cnccn1. The molecular formula is C17H20N8. The molecule has 0 N–H and O–H groups in total. The second kappa shape index (κ2) is 7.61. The molecule has 0 aliphatic rings. The van der Waals surface area contributed by atoms with Crippen molar-refractivity contribution in [3.8, 4) is 0 Å². The second-order valence-corrected chi connectivity index (χ2v) is 5.78. The fourth-order valence-electron chi connectivity index (χ4n) is 2.45. The molecule has 8 heteroatoms. The van der Waals surface area contributed by atoms with E-state index in [1.165, 1.54) is 0 Å². The highest BCUT2D eigenvalue weighted by atomic mass is 15.3. The maximum Gasteiger partial charge on any atom is 0.227 e. The smallest absolute Gasteiger partial charge is 0.227 e. The van der Waals surface area contributed by atoms with Crippen molar-refractivity contribution in [3.63, 3.8) is 0 Å². The van der Waals surface area contributed by atoms with Crippen molar-refractivity contribution in [3.05, 3.63) is 60.3 Å². The van der Waals surface area contributed by atoms with Gasteiger partial charge >= 0.3 is 0 Å². The summed E-state index contributed by atoms with van der Waals surface area (Å²) in [6, 6.07) is 0. The number of aromatic nitrogens is 6. The molecule has 3 aromatic rings. The summed E-state index contributed by atoms with van der Waals surface area (Å²) in [5, 5.41) is 0. The lowest BCUT2D eigenvalue weighted by Crippen LogP contribution is -2.24. The van der Waals surface area contributed by atoms with Gasteiger partial charge in [0.15, 0.2) is 0 Å². The van der Waals surface area contributed by atoms with E-state index in [1.54, 1.807) is 37.2 Å². The number of aryl methyl sites for hydroxylation is 1. The summed E-state index contributed by atoms with van der Waals surface area (Å²) in [5.41, 5.74) is 2.75. The van der Waals surface area contributed by atoms with Gasteiger partial charge in [-0.15, -0.1) is 0 Å². The molecule has 0 saturated carbocycles. The highest BCUT2D eigenvalue weighted by Crippen LogP contribution is 2.20. The molecule has 0 aromatic carbocycles. The average molecular weight is 336 g/mol. The summed E-state index contributed by atoms with van der Waals surface area (Å²) in [5.74, 6) is 1.50. The average Bonchev–Trinajstić information content (AvgIpc) is 2.63.